The first-order valence-corrected chi connectivity index (χ1v) is 5.81. The second-order valence-electron chi connectivity index (χ2n) is 4.10. The largest absolute Gasteiger partial charge is 0.460 e. The van der Waals surface area contributed by atoms with Crippen molar-refractivity contribution in [2.24, 2.45) is 0 Å². The Bertz CT molecular complexity index is 526. The summed E-state index contributed by atoms with van der Waals surface area (Å²) in [6, 6.07) is 9.52. The highest BCUT2D eigenvalue weighted by Gasteiger charge is 2.37. The topological polar surface area (TPSA) is 53.3 Å². The number of rotatable bonds is 2. The maximum Gasteiger partial charge on any atom is 0.275 e. The van der Waals surface area contributed by atoms with Crippen LogP contribution in [0.2, 0.25) is 0 Å². The zero-order valence-electron chi connectivity index (χ0n) is 10.4. The van der Waals surface area contributed by atoms with Crippen molar-refractivity contribution in [2.75, 3.05) is 6.54 Å². The third-order valence-corrected chi connectivity index (χ3v) is 2.88. The van der Waals surface area contributed by atoms with E-state index in [1.807, 2.05) is 44.2 Å². The van der Waals surface area contributed by atoms with Crippen molar-refractivity contribution < 1.29 is 9.53 Å². The average Bonchev–Trinajstić information content (AvgIpc) is 2.67. The Morgan fingerprint density at radius 3 is 2.67 bits per heavy atom. The molecule has 1 aliphatic heterocycles. The zero-order chi connectivity index (χ0) is 13.1. The summed E-state index contributed by atoms with van der Waals surface area (Å²) >= 11 is 0. The van der Waals surface area contributed by atoms with E-state index in [0.717, 1.165) is 11.1 Å². The molecule has 0 spiro atoms. The molecule has 1 amide bonds. The number of likely N-dealkylation sites (N-methyl/N-ethyl adjacent to an activating group) is 1. The molecule has 1 fully saturated rings. The number of carbonyl (C=O) groups is 1. The van der Waals surface area contributed by atoms with Crippen LogP contribution in [0.15, 0.2) is 36.2 Å². The van der Waals surface area contributed by atoms with Crippen LogP contribution >= 0.6 is 0 Å². The van der Waals surface area contributed by atoms with Crippen LogP contribution in [-0.4, -0.2) is 17.4 Å². The minimum Gasteiger partial charge on any atom is -0.460 e. The van der Waals surface area contributed by atoms with Crippen LogP contribution in [0, 0.1) is 18.3 Å². The molecule has 2 rings (SSSR count). The van der Waals surface area contributed by atoms with Gasteiger partial charge in [-0.05, 0) is 13.8 Å². The summed E-state index contributed by atoms with van der Waals surface area (Å²) in [5.74, 6) is 0.207. The Morgan fingerprint density at radius 2 is 2.11 bits per heavy atom. The predicted octanol–water partition coefficient (Wildman–Crippen LogP) is 2.28. The minimum absolute atomic E-state index is 0.122. The first kappa shape index (κ1) is 12.2. The van der Waals surface area contributed by atoms with Crippen LogP contribution in [0.25, 0.3) is 0 Å². The lowest BCUT2D eigenvalue weighted by Gasteiger charge is -2.10. The first-order valence-electron chi connectivity index (χ1n) is 5.81. The maximum absolute atomic E-state index is 12.2. The van der Waals surface area contributed by atoms with Gasteiger partial charge >= 0.3 is 0 Å². The number of aryl methyl sites for hydroxylation is 1. The van der Waals surface area contributed by atoms with Gasteiger partial charge in [-0.1, -0.05) is 29.8 Å². The number of benzene rings is 1. The summed E-state index contributed by atoms with van der Waals surface area (Å²) in [6.07, 6.45) is 0.625. The average molecular weight is 242 g/mol. The van der Waals surface area contributed by atoms with Crippen molar-refractivity contribution in [1.29, 1.82) is 5.26 Å². The normalized spacial score (nSPS) is 20.9. The summed E-state index contributed by atoms with van der Waals surface area (Å²) in [4.78, 5) is 13.6. The molecule has 1 aliphatic rings. The van der Waals surface area contributed by atoms with E-state index in [1.54, 1.807) is 0 Å². The Labute approximate surface area is 106 Å². The highest BCUT2D eigenvalue weighted by Crippen LogP contribution is 2.32. The number of nitriles is 1. The van der Waals surface area contributed by atoms with Gasteiger partial charge in [0.25, 0.3) is 5.91 Å². The molecular formula is C14H14N2O2. The van der Waals surface area contributed by atoms with Crippen molar-refractivity contribution in [2.45, 2.75) is 20.0 Å². The van der Waals surface area contributed by atoms with Crippen LogP contribution in [0.5, 0.6) is 0 Å². The molecule has 0 aromatic heterocycles. The summed E-state index contributed by atoms with van der Waals surface area (Å²) in [5.41, 5.74) is 1.94. The van der Waals surface area contributed by atoms with Crippen molar-refractivity contribution in [3.8, 4) is 6.07 Å². The van der Waals surface area contributed by atoms with Crippen LogP contribution < -0.4 is 0 Å². The van der Waals surface area contributed by atoms with Crippen molar-refractivity contribution in [1.82, 2.24) is 4.90 Å². The molecule has 0 bridgehead atoms. The predicted molar refractivity (Wildman–Crippen MR) is 66.1 cm³/mol. The van der Waals surface area contributed by atoms with Gasteiger partial charge in [0.1, 0.15) is 0 Å². The second kappa shape index (κ2) is 4.92. The quantitative estimate of drug-likeness (QED) is 0.747. The van der Waals surface area contributed by atoms with Crippen LogP contribution in [-0.2, 0) is 9.53 Å². The Kier molecular flexibility index (Phi) is 3.33. The molecule has 4 heteroatoms. The van der Waals surface area contributed by atoms with Crippen molar-refractivity contribution >= 4 is 5.91 Å². The number of carbonyl (C=O) groups excluding carboxylic acids is 1. The van der Waals surface area contributed by atoms with Gasteiger partial charge in [-0.2, -0.15) is 5.26 Å². The van der Waals surface area contributed by atoms with Crippen molar-refractivity contribution in [3.63, 3.8) is 0 Å². The van der Waals surface area contributed by atoms with Gasteiger partial charge < -0.3 is 4.74 Å². The van der Waals surface area contributed by atoms with Crippen molar-refractivity contribution in [3.05, 3.63) is 47.4 Å². The number of allylic oxidation sites excluding steroid dienone is 1. The van der Waals surface area contributed by atoms with Gasteiger partial charge in [0.15, 0.2) is 0 Å². The van der Waals surface area contributed by atoms with Gasteiger partial charge in [-0.3, -0.25) is 9.69 Å². The van der Waals surface area contributed by atoms with Gasteiger partial charge in [0.05, 0.1) is 12.1 Å². The molecule has 4 nitrogen and oxygen atoms in total. The van der Waals surface area contributed by atoms with Gasteiger partial charge in [-0.25, -0.2) is 0 Å². The number of hydrogen-bond acceptors (Lipinski definition) is 3. The van der Waals surface area contributed by atoms with Gasteiger partial charge in [0.2, 0.25) is 12.0 Å². The van der Waals surface area contributed by atoms with E-state index in [-0.39, 0.29) is 5.91 Å². The maximum atomic E-state index is 12.2. The molecule has 1 atom stereocenters. The summed E-state index contributed by atoms with van der Waals surface area (Å²) in [5, 5.41) is 8.68. The molecule has 0 radical (unpaired) electrons. The number of hydrogen-bond donors (Lipinski definition) is 0. The van der Waals surface area contributed by atoms with E-state index in [1.165, 1.54) is 11.0 Å². The Morgan fingerprint density at radius 1 is 1.44 bits per heavy atom. The lowest BCUT2D eigenvalue weighted by molar-refractivity contribution is -0.129. The third kappa shape index (κ3) is 2.07. The van der Waals surface area contributed by atoms with E-state index in [4.69, 9.17) is 10.00 Å². The highest BCUT2D eigenvalue weighted by molar-refractivity contribution is 5.86. The van der Waals surface area contributed by atoms with E-state index in [2.05, 4.69) is 0 Å². The number of ether oxygens (including phenoxy) is 1. The smallest absolute Gasteiger partial charge is 0.275 e. The fourth-order valence-electron chi connectivity index (χ4n) is 1.92. The molecule has 1 aromatic rings. The van der Waals surface area contributed by atoms with E-state index >= 15 is 0 Å². The van der Waals surface area contributed by atoms with E-state index < -0.39 is 6.10 Å². The van der Waals surface area contributed by atoms with Gasteiger partial charge in [-0.15, -0.1) is 0 Å². The van der Waals surface area contributed by atoms with Crippen LogP contribution in [0.3, 0.4) is 0 Å². The standard InChI is InChI=1S/C14H14N2O2/c1-3-16-12(8-9-15)18-13(14(16)17)11-6-4-10(2)5-7-11/h4-8,13H,3H2,1-2H3/b12-8-. The molecular weight excluding hydrogens is 228 g/mol. The molecule has 1 heterocycles. The second-order valence-corrected chi connectivity index (χ2v) is 4.10. The lowest BCUT2D eigenvalue weighted by atomic mass is 10.1. The molecule has 92 valence electrons. The van der Waals surface area contributed by atoms with Gasteiger partial charge in [0, 0.05) is 12.1 Å². The fourth-order valence-corrected chi connectivity index (χ4v) is 1.92. The first-order chi connectivity index (χ1) is 8.67. The van der Waals surface area contributed by atoms with E-state index in [0.29, 0.717) is 12.4 Å². The molecule has 18 heavy (non-hydrogen) atoms. The monoisotopic (exact) mass is 242 g/mol. The Hall–Kier alpha value is -2.28. The molecule has 0 saturated carbocycles. The third-order valence-electron chi connectivity index (χ3n) is 2.88. The molecule has 0 aliphatic carbocycles. The molecule has 1 saturated heterocycles. The number of nitrogens with zero attached hydrogens (tertiary/aromatic N) is 2. The highest BCUT2D eigenvalue weighted by atomic mass is 16.5. The number of amides is 1. The molecule has 0 N–H and O–H groups in total. The molecule has 1 unspecified atom stereocenters. The zero-order valence-corrected chi connectivity index (χ0v) is 10.4. The summed E-state index contributed by atoms with van der Waals surface area (Å²) in [7, 11) is 0. The lowest BCUT2D eigenvalue weighted by Crippen LogP contribution is -2.25. The van der Waals surface area contributed by atoms with E-state index in [9.17, 15) is 4.79 Å². The van der Waals surface area contributed by atoms with Crippen LogP contribution in [0.1, 0.15) is 24.2 Å². The minimum atomic E-state index is -0.634. The molecule has 1 aromatic carbocycles. The fraction of sp³-hybridized carbons (Fsp3) is 0.286. The summed E-state index contributed by atoms with van der Waals surface area (Å²) < 4.78 is 5.56. The summed E-state index contributed by atoms with van der Waals surface area (Å²) in [6.45, 7) is 4.33. The SMILES string of the molecule is CCN1C(=O)C(c2ccc(C)cc2)O/C1=C\C#N. The van der Waals surface area contributed by atoms with Crippen LogP contribution in [0.4, 0.5) is 0 Å². The Balaban J connectivity index is 2.32.